The summed E-state index contributed by atoms with van der Waals surface area (Å²) >= 11 is 0. The second-order valence-electron chi connectivity index (χ2n) is 6.54. The van der Waals surface area contributed by atoms with Crippen molar-refractivity contribution in [3.05, 3.63) is 34.9 Å². The van der Waals surface area contributed by atoms with Gasteiger partial charge < -0.3 is 15.2 Å². The van der Waals surface area contributed by atoms with Crippen molar-refractivity contribution in [2.75, 3.05) is 19.8 Å². The molecule has 0 radical (unpaired) electrons. The molecule has 4 nitrogen and oxygen atoms in total. The smallest absolute Gasteiger partial charge is 0.251 e. The van der Waals surface area contributed by atoms with Gasteiger partial charge in [-0.05, 0) is 67.7 Å². The molecule has 0 aliphatic heterocycles. The minimum absolute atomic E-state index is 0.116. The molecule has 1 atom stereocenters. The maximum absolute atomic E-state index is 12.2. The van der Waals surface area contributed by atoms with Crippen LogP contribution in [0, 0.1) is 5.92 Å². The van der Waals surface area contributed by atoms with Crippen LogP contribution in [0.3, 0.4) is 0 Å². The Bertz CT molecular complexity index is 525. The van der Waals surface area contributed by atoms with Crippen LogP contribution in [-0.4, -0.2) is 36.9 Å². The number of aliphatic hydroxyl groups is 1. The summed E-state index contributed by atoms with van der Waals surface area (Å²) < 4.78 is 5.43. The van der Waals surface area contributed by atoms with Crippen molar-refractivity contribution in [2.45, 2.75) is 44.6 Å². The van der Waals surface area contributed by atoms with E-state index in [4.69, 9.17) is 4.74 Å². The van der Waals surface area contributed by atoms with Crippen LogP contribution < -0.4 is 5.32 Å². The molecule has 1 amide bonds. The molecule has 1 fully saturated rings. The quantitative estimate of drug-likeness (QED) is 0.811. The van der Waals surface area contributed by atoms with Gasteiger partial charge in [0.1, 0.15) is 0 Å². The average molecular weight is 303 g/mol. The van der Waals surface area contributed by atoms with Crippen molar-refractivity contribution in [3.63, 3.8) is 0 Å². The van der Waals surface area contributed by atoms with Crippen LogP contribution in [0.2, 0.25) is 0 Å². The number of hydrogen-bond donors (Lipinski definition) is 2. The highest BCUT2D eigenvalue weighted by Crippen LogP contribution is 2.28. The van der Waals surface area contributed by atoms with Crippen LogP contribution in [0.1, 0.15) is 47.2 Å². The number of benzene rings is 1. The van der Waals surface area contributed by atoms with Crippen molar-refractivity contribution < 1.29 is 14.6 Å². The molecule has 22 heavy (non-hydrogen) atoms. The number of ether oxygens (including phenoxy) is 1. The normalized spacial score (nSPS) is 18.6. The largest absolute Gasteiger partial charge is 0.389 e. The van der Waals surface area contributed by atoms with Gasteiger partial charge in [-0.15, -0.1) is 0 Å². The maximum Gasteiger partial charge on any atom is 0.251 e. The van der Waals surface area contributed by atoms with Crippen molar-refractivity contribution in [2.24, 2.45) is 5.92 Å². The molecule has 2 N–H and O–H groups in total. The molecule has 1 saturated carbocycles. The number of rotatable bonds is 7. The summed E-state index contributed by atoms with van der Waals surface area (Å²) in [6, 6.07) is 5.95. The van der Waals surface area contributed by atoms with E-state index in [-0.39, 0.29) is 12.5 Å². The van der Waals surface area contributed by atoms with Crippen LogP contribution in [0.5, 0.6) is 0 Å². The molecular formula is C18H25NO3. The zero-order valence-electron chi connectivity index (χ0n) is 13.0. The van der Waals surface area contributed by atoms with Gasteiger partial charge in [0, 0.05) is 18.7 Å². The molecule has 1 unspecified atom stereocenters. The van der Waals surface area contributed by atoms with E-state index in [1.54, 1.807) is 0 Å². The SMILES string of the molecule is O=C(NCC(O)COCC1CC1)c1ccc2c(c1)CCCC2. The second kappa shape index (κ2) is 7.25. The van der Waals surface area contributed by atoms with Gasteiger partial charge in [-0.2, -0.15) is 0 Å². The minimum Gasteiger partial charge on any atom is -0.389 e. The Morgan fingerprint density at radius 1 is 1.27 bits per heavy atom. The molecule has 120 valence electrons. The molecular weight excluding hydrogens is 278 g/mol. The summed E-state index contributed by atoms with van der Waals surface area (Å²) in [7, 11) is 0. The van der Waals surface area contributed by atoms with Crippen LogP contribution in [0.4, 0.5) is 0 Å². The van der Waals surface area contributed by atoms with E-state index in [1.165, 1.54) is 36.8 Å². The molecule has 4 heteroatoms. The predicted octanol–water partition coefficient (Wildman–Crippen LogP) is 2.08. The first-order valence-corrected chi connectivity index (χ1v) is 8.38. The molecule has 3 rings (SSSR count). The monoisotopic (exact) mass is 303 g/mol. The molecule has 0 spiro atoms. The van der Waals surface area contributed by atoms with Crippen molar-refractivity contribution >= 4 is 5.91 Å². The Balaban J connectivity index is 1.44. The Morgan fingerprint density at radius 2 is 2.05 bits per heavy atom. The highest BCUT2D eigenvalue weighted by atomic mass is 16.5. The molecule has 2 aliphatic rings. The Kier molecular flexibility index (Phi) is 5.11. The molecule has 1 aromatic rings. The lowest BCUT2D eigenvalue weighted by Crippen LogP contribution is -2.34. The number of nitrogens with one attached hydrogen (secondary N) is 1. The summed E-state index contributed by atoms with van der Waals surface area (Å²) in [4.78, 5) is 12.2. The molecule has 0 heterocycles. The highest BCUT2D eigenvalue weighted by Gasteiger charge is 2.21. The van der Waals surface area contributed by atoms with E-state index in [0.717, 1.165) is 19.4 Å². The first-order valence-electron chi connectivity index (χ1n) is 8.38. The summed E-state index contributed by atoms with van der Waals surface area (Å²) in [5.41, 5.74) is 3.36. The molecule has 1 aromatic carbocycles. The molecule has 0 bridgehead atoms. The summed E-state index contributed by atoms with van der Waals surface area (Å²) in [5.74, 6) is 0.576. The Hall–Kier alpha value is -1.39. The zero-order chi connectivity index (χ0) is 15.4. The van der Waals surface area contributed by atoms with Crippen LogP contribution >= 0.6 is 0 Å². The van der Waals surface area contributed by atoms with E-state index in [0.29, 0.717) is 18.1 Å². The lowest BCUT2D eigenvalue weighted by atomic mass is 9.90. The fraction of sp³-hybridized carbons (Fsp3) is 0.611. The lowest BCUT2D eigenvalue weighted by Gasteiger charge is -2.17. The second-order valence-corrected chi connectivity index (χ2v) is 6.54. The third-order valence-electron chi connectivity index (χ3n) is 4.47. The number of fused-ring (bicyclic) bond motifs is 1. The van der Waals surface area contributed by atoms with E-state index in [9.17, 15) is 9.90 Å². The minimum atomic E-state index is -0.639. The van der Waals surface area contributed by atoms with Crippen LogP contribution in [0.25, 0.3) is 0 Å². The van der Waals surface area contributed by atoms with E-state index < -0.39 is 6.10 Å². The van der Waals surface area contributed by atoms with Gasteiger partial charge in [0.25, 0.3) is 5.91 Å². The first-order chi connectivity index (χ1) is 10.7. The Morgan fingerprint density at radius 3 is 2.82 bits per heavy atom. The molecule has 0 saturated heterocycles. The van der Waals surface area contributed by atoms with Gasteiger partial charge in [-0.25, -0.2) is 0 Å². The predicted molar refractivity (Wildman–Crippen MR) is 85.0 cm³/mol. The number of carbonyl (C=O) groups is 1. The highest BCUT2D eigenvalue weighted by molar-refractivity contribution is 5.94. The van der Waals surface area contributed by atoms with Crippen LogP contribution in [0.15, 0.2) is 18.2 Å². The van der Waals surface area contributed by atoms with Crippen molar-refractivity contribution in [1.29, 1.82) is 0 Å². The first kappa shape index (κ1) is 15.5. The maximum atomic E-state index is 12.2. The van der Waals surface area contributed by atoms with Crippen molar-refractivity contribution in [1.82, 2.24) is 5.32 Å². The van der Waals surface area contributed by atoms with Gasteiger partial charge >= 0.3 is 0 Å². The van der Waals surface area contributed by atoms with Gasteiger partial charge in [0.2, 0.25) is 0 Å². The third-order valence-corrected chi connectivity index (χ3v) is 4.47. The standard InChI is InChI=1S/C18H25NO3/c20-17(12-22-11-13-5-6-13)10-19-18(21)16-8-7-14-3-1-2-4-15(14)9-16/h7-9,13,17,20H,1-6,10-12H2,(H,19,21). The summed E-state index contributed by atoms with van der Waals surface area (Å²) in [5, 5.41) is 12.6. The van der Waals surface area contributed by atoms with Gasteiger partial charge in [-0.3, -0.25) is 4.79 Å². The topological polar surface area (TPSA) is 58.6 Å². The van der Waals surface area contributed by atoms with E-state index in [1.807, 2.05) is 12.1 Å². The molecule has 0 aromatic heterocycles. The zero-order valence-corrected chi connectivity index (χ0v) is 13.0. The third kappa shape index (κ3) is 4.31. The number of aliphatic hydroxyl groups excluding tert-OH is 1. The fourth-order valence-electron chi connectivity index (χ4n) is 2.90. The number of hydrogen-bond acceptors (Lipinski definition) is 3. The van der Waals surface area contributed by atoms with Crippen molar-refractivity contribution in [3.8, 4) is 0 Å². The van der Waals surface area contributed by atoms with Gasteiger partial charge in [-0.1, -0.05) is 6.07 Å². The van der Waals surface area contributed by atoms with Crippen LogP contribution in [-0.2, 0) is 17.6 Å². The lowest BCUT2D eigenvalue weighted by molar-refractivity contribution is 0.0320. The van der Waals surface area contributed by atoms with Gasteiger partial charge in [0.05, 0.1) is 12.7 Å². The number of aryl methyl sites for hydroxylation is 2. The number of carbonyl (C=O) groups excluding carboxylic acids is 1. The fourth-order valence-corrected chi connectivity index (χ4v) is 2.90. The van der Waals surface area contributed by atoms with E-state index >= 15 is 0 Å². The summed E-state index contributed by atoms with van der Waals surface area (Å²) in [6.45, 7) is 1.26. The molecule has 2 aliphatic carbocycles. The average Bonchev–Trinajstić information content (AvgIpc) is 3.36. The van der Waals surface area contributed by atoms with E-state index in [2.05, 4.69) is 11.4 Å². The number of amides is 1. The Labute approximate surface area is 131 Å². The van der Waals surface area contributed by atoms with Gasteiger partial charge in [0.15, 0.2) is 0 Å². The summed E-state index contributed by atoms with van der Waals surface area (Å²) in [6.07, 6.45) is 6.47.